The molecule has 1 aromatic heterocycles. The monoisotopic (exact) mass is 378 g/mol. The standard InChI is InChI=1S/C24H30N2O2/c1-23(2,3)14-26-8-7-18-19(21(26)27)5-4-6-20(18)25-22(28)24-12-15-9-16(13-24)11-17(24)10-15/h4-8,15-17H,9-14H2,1-3H3,(H,25,28)/t15-,16+,17?,24?. The van der Waals surface area contributed by atoms with Crippen molar-refractivity contribution in [2.75, 3.05) is 5.32 Å². The molecule has 0 aliphatic heterocycles. The summed E-state index contributed by atoms with van der Waals surface area (Å²) in [5, 5.41) is 4.77. The number of carbonyl (C=O) groups is 1. The third kappa shape index (κ3) is 2.72. The number of rotatable bonds is 3. The molecule has 4 aliphatic carbocycles. The Labute approximate surface area is 166 Å². The van der Waals surface area contributed by atoms with Crippen LogP contribution in [0.1, 0.15) is 52.9 Å². The molecule has 6 rings (SSSR count). The van der Waals surface area contributed by atoms with Crippen LogP contribution in [-0.4, -0.2) is 10.5 Å². The highest BCUT2D eigenvalue weighted by atomic mass is 16.2. The average molecular weight is 379 g/mol. The number of anilines is 1. The topological polar surface area (TPSA) is 51.1 Å². The van der Waals surface area contributed by atoms with Crippen LogP contribution in [0.3, 0.4) is 0 Å². The second kappa shape index (κ2) is 5.95. The third-order valence-electron chi connectivity index (χ3n) is 7.35. The zero-order valence-corrected chi connectivity index (χ0v) is 17.1. The van der Waals surface area contributed by atoms with Crippen LogP contribution in [0.15, 0.2) is 35.3 Å². The predicted molar refractivity (Wildman–Crippen MR) is 112 cm³/mol. The maximum absolute atomic E-state index is 13.4. The highest BCUT2D eigenvalue weighted by Gasteiger charge is 2.61. The second-order valence-corrected chi connectivity index (χ2v) is 10.7. The Bertz CT molecular complexity index is 999. The van der Waals surface area contributed by atoms with Gasteiger partial charge in [-0.1, -0.05) is 26.8 Å². The Hall–Kier alpha value is -2.10. The van der Waals surface area contributed by atoms with Gasteiger partial charge in [0.2, 0.25) is 5.91 Å². The molecule has 1 aromatic carbocycles. The van der Waals surface area contributed by atoms with Crippen LogP contribution in [0.25, 0.3) is 10.8 Å². The van der Waals surface area contributed by atoms with E-state index in [4.69, 9.17) is 0 Å². The Kier molecular flexibility index (Phi) is 3.82. The minimum Gasteiger partial charge on any atom is -0.325 e. The molecule has 4 atom stereocenters. The lowest BCUT2D eigenvalue weighted by Gasteiger charge is -2.31. The first-order valence-corrected chi connectivity index (χ1v) is 10.7. The molecule has 2 aromatic rings. The second-order valence-electron chi connectivity index (χ2n) is 10.7. The molecule has 4 heteroatoms. The third-order valence-corrected chi connectivity index (χ3v) is 7.35. The van der Waals surface area contributed by atoms with Crippen molar-refractivity contribution in [2.24, 2.45) is 28.6 Å². The number of hydrogen-bond acceptors (Lipinski definition) is 2. The quantitative estimate of drug-likeness (QED) is 0.833. The molecule has 1 amide bonds. The van der Waals surface area contributed by atoms with Crippen molar-refractivity contribution in [3.8, 4) is 0 Å². The SMILES string of the molecule is CC(C)(C)Cn1ccc2c(NC(=O)C34C[C@@H]5CC3C[C@@H](C5)C4)cccc2c1=O. The van der Waals surface area contributed by atoms with Gasteiger partial charge >= 0.3 is 0 Å². The van der Waals surface area contributed by atoms with Gasteiger partial charge < -0.3 is 9.88 Å². The Morgan fingerprint density at radius 3 is 2.50 bits per heavy atom. The maximum Gasteiger partial charge on any atom is 0.258 e. The summed E-state index contributed by atoms with van der Waals surface area (Å²) in [6.45, 7) is 7.06. The summed E-state index contributed by atoms with van der Waals surface area (Å²) in [6.07, 6.45) is 7.78. The van der Waals surface area contributed by atoms with E-state index < -0.39 is 0 Å². The molecule has 0 spiro atoms. The van der Waals surface area contributed by atoms with E-state index in [9.17, 15) is 9.59 Å². The molecule has 4 nitrogen and oxygen atoms in total. The minimum atomic E-state index is -0.156. The summed E-state index contributed by atoms with van der Waals surface area (Å²) in [5.41, 5.74) is 0.672. The molecule has 148 valence electrons. The minimum absolute atomic E-state index is 0.0162. The molecule has 0 saturated heterocycles. The highest BCUT2D eigenvalue weighted by Crippen LogP contribution is 2.65. The number of fused-ring (bicyclic) bond motifs is 1. The predicted octanol–water partition coefficient (Wildman–Crippen LogP) is 4.81. The van der Waals surface area contributed by atoms with Crippen molar-refractivity contribution >= 4 is 22.4 Å². The molecule has 1 heterocycles. The van der Waals surface area contributed by atoms with Crippen LogP contribution in [0, 0.1) is 28.6 Å². The van der Waals surface area contributed by atoms with Crippen LogP contribution >= 0.6 is 0 Å². The van der Waals surface area contributed by atoms with Crippen LogP contribution in [0.2, 0.25) is 0 Å². The zero-order valence-electron chi connectivity index (χ0n) is 17.1. The van der Waals surface area contributed by atoms with Gasteiger partial charge in [0.1, 0.15) is 0 Å². The van der Waals surface area contributed by atoms with E-state index >= 15 is 0 Å². The smallest absolute Gasteiger partial charge is 0.258 e. The largest absolute Gasteiger partial charge is 0.325 e. The molecule has 2 unspecified atom stereocenters. The number of benzene rings is 1. The first kappa shape index (κ1) is 18.0. The van der Waals surface area contributed by atoms with Crippen molar-refractivity contribution in [3.63, 3.8) is 0 Å². The summed E-state index contributed by atoms with van der Waals surface area (Å²) in [4.78, 5) is 26.4. The fourth-order valence-corrected chi connectivity index (χ4v) is 6.48. The Morgan fingerprint density at radius 2 is 1.82 bits per heavy atom. The summed E-state index contributed by atoms with van der Waals surface area (Å²) >= 11 is 0. The Balaban J connectivity index is 1.48. The van der Waals surface area contributed by atoms with Crippen LogP contribution in [0.5, 0.6) is 0 Å². The van der Waals surface area contributed by atoms with E-state index in [2.05, 4.69) is 26.1 Å². The van der Waals surface area contributed by atoms with Gasteiger partial charge in [-0.05, 0) is 73.5 Å². The number of hydrogen-bond donors (Lipinski definition) is 1. The van der Waals surface area contributed by atoms with Crippen molar-refractivity contribution in [1.29, 1.82) is 0 Å². The first-order valence-electron chi connectivity index (χ1n) is 10.7. The van der Waals surface area contributed by atoms with E-state index in [0.29, 0.717) is 17.8 Å². The summed E-state index contributed by atoms with van der Waals surface area (Å²) < 4.78 is 1.78. The number of nitrogens with zero attached hydrogens (tertiary/aromatic N) is 1. The van der Waals surface area contributed by atoms with Crippen molar-refractivity contribution in [2.45, 2.75) is 59.4 Å². The average Bonchev–Trinajstić information content (AvgIpc) is 3.02. The van der Waals surface area contributed by atoms with E-state index in [1.165, 1.54) is 19.3 Å². The summed E-state index contributed by atoms with van der Waals surface area (Å²) in [7, 11) is 0. The molecule has 4 bridgehead atoms. The molecular formula is C24H30N2O2. The van der Waals surface area contributed by atoms with Gasteiger partial charge in [0, 0.05) is 29.2 Å². The van der Waals surface area contributed by atoms with Crippen molar-refractivity contribution in [1.82, 2.24) is 4.57 Å². The van der Waals surface area contributed by atoms with Crippen molar-refractivity contribution < 1.29 is 4.79 Å². The lowest BCUT2D eigenvalue weighted by Crippen LogP contribution is -2.37. The molecular weight excluding hydrogens is 348 g/mol. The molecule has 4 saturated carbocycles. The number of nitrogens with one attached hydrogen (secondary N) is 1. The van der Waals surface area contributed by atoms with E-state index in [0.717, 1.165) is 35.8 Å². The Morgan fingerprint density at radius 1 is 1.11 bits per heavy atom. The van der Waals surface area contributed by atoms with Gasteiger partial charge in [0.05, 0.1) is 5.41 Å². The molecule has 4 aliphatic rings. The molecule has 1 N–H and O–H groups in total. The zero-order chi connectivity index (χ0) is 19.7. The first-order chi connectivity index (χ1) is 13.2. The fraction of sp³-hybridized carbons (Fsp3) is 0.583. The fourth-order valence-electron chi connectivity index (χ4n) is 6.48. The van der Waals surface area contributed by atoms with Crippen LogP contribution < -0.4 is 10.9 Å². The number of amides is 1. The van der Waals surface area contributed by atoms with Gasteiger partial charge in [-0.2, -0.15) is 0 Å². The number of pyridine rings is 1. The highest BCUT2D eigenvalue weighted by molar-refractivity contribution is 6.04. The maximum atomic E-state index is 13.4. The normalized spacial score (nSPS) is 30.9. The lowest BCUT2D eigenvalue weighted by molar-refractivity contribution is -0.127. The number of aromatic nitrogens is 1. The lowest BCUT2D eigenvalue weighted by atomic mass is 9.75. The van der Waals surface area contributed by atoms with Gasteiger partial charge in [-0.25, -0.2) is 0 Å². The molecule has 28 heavy (non-hydrogen) atoms. The van der Waals surface area contributed by atoms with E-state index in [1.807, 2.05) is 30.5 Å². The van der Waals surface area contributed by atoms with Gasteiger partial charge in [0.25, 0.3) is 5.56 Å². The van der Waals surface area contributed by atoms with Gasteiger partial charge in [-0.3, -0.25) is 9.59 Å². The summed E-state index contributed by atoms with van der Waals surface area (Å²) in [5.74, 6) is 2.25. The van der Waals surface area contributed by atoms with Gasteiger partial charge in [0.15, 0.2) is 0 Å². The van der Waals surface area contributed by atoms with Gasteiger partial charge in [-0.15, -0.1) is 0 Å². The molecule has 0 radical (unpaired) electrons. The van der Waals surface area contributed by atoms with Crippen molar-refractivity contribution in [3.05, 3.63) is 40.8 Å². The number of carbonyl (C=O) groups excluding carboxylic acids is 1. The van der Waals surface area contributed by atoms with Crippen LogP contribution in [0.4, 0.5) is 5.69 Å². The van der Waals surface area contributed by atoms with E-state index in [-0.39, 0.29) is 22.3 Å². The molecule has 4 fully saturated rings. The van der Waals surface area contributed by atoms with E-state index in [1.54, 1.807) is 4.57 Å². The van der Waals surface area contributed by atoms with Crippen LogP contribution in [-0.2, 0) is 11.3 Å². The summed E-state index contributed by atoms with van der Waals surface area (Å²) in [6, 6.07) is 7.67.